The van der Waals surface area contributed by atoms with Crippen LogP contribution in [0.25, 0.3) is 0 Å². The van der Waals surface area contributed by atoms with Crippen LogP contribution in [0.2, 0.25) is 0 Å². The lowest BCUT2D eigenvalue weighted by molar-refractivity contribution is 0.379. The van der Waals surface area contributed by atoms with E-state index in [0.717, 1.165) is 13.0 Å². The number of nitrogens with two attached hydrogens (primary N) is 1. The summed E-state index contributed by atoms with van der Waals surface area (Å²) < 4.78 is 13.6. The molecule has 4 heteroatoms. The monoisotopic (exact) mass is 210 g/mol. The maximum Gasteiger partial charge on any atom is 0.168 e. The summed E-state index contributed by atoms with van der Waals surface area (Å²) in [7, 11) is 0. The van der Waals surface area contributed by atoms with Gasteiger partial charge in [0.2, 0.25) is 0 Å². The van der Waals surface area contributed by atoms with Gasteiger partial charge in [-0.05, 0) is 24.6 Å². The second-order valence-electron chi connectivity index (χ2n) is 3.94. The molecule has 0 bridgehead atoms. The third-order valence-electron chi connectivity index (χ3n) is 2.94. The quantitative estimate of drug-likeness (QED) is 0.646. The van der Waals surface area contributed by atoms with Crippen molar-refractivity contribution < 1.29 is 9.50 Å². The number of phenolic OH excluding ortho intramolecular Hbond substituents is 1. The Morgan fingerprint density at radius 3 is 3.00 bits per heavy atom. The van der Waals surface area contributed by atoms with Crippen LogP contribution in [0.5, 0.6) is 5.75 Å². The van der Waals surface area contributed by atoms with E-state index in [-0.39, 0.29) is 17.7 Å². The van der Waals surface area contributed by atoms with Crippen LogP contribution in [0, 0.1) is 5.82 Å². The van der Waals surface area contributed by atoms with Crippen LogP contribution >= 0.6 is 0 Å². The number of piperidine rings is 1. The van der Waals surface area contributed by atoms with Crippen LogP contribution in [0.4, 0.5) is 4.39 Å². The Balaban J connectivity index is 2.31. The molecule has 4 N–H and O–H groups in total. The van der Waals surface area contributed by atoms with Gasteiger partial charge in [-0.3, -0.25) is 0 Å². The minimum absolute atomic E-state index is 0.00153. The zero-order valence-electron chi connectivity index (χ0n) is 8.41. The molecule has 82 valence electrons. The Labute approximate surface area is 88.1 Å². The molecule has 0 aromatic heterocycles. The van der Waals surface area contributed by atoms with E-state index in [2.05, 4.69) is 5.32 Å². The average Bonchev–Trinajstić information content (AvgIpc) is 2.23. The Hall–Kier alpha value is -1.13. The number of aromatic hydroxyl groups is 1. The van der Waals surface area contributed by atoms with Gasteiger partial charge in [0.05, 0.1) is 0 Å². The molecular weight excluding hydrogens is 195 g/mol. The molecule has 1 aliphatic rings. The molecule has 1 aromatic rings. The molecular formula is C11H15FN2O. The first-order valence-corrected chi connectivity index (χ1v) is 5.14. The fraction of sp³-hybridized carbons (Fsp3) is 0.455. The van der Waals surface area contributed by atoms with Gasteiger partial charge in [-0.25, -0.2) is 4.39 Å². The molecule has 1 saturated heterocycles. The van der Waals surface area contributed by atoms with E-state index >= 15 is 0 Å². The van der Waals surface area contributed by atoms with Gasteiger partial charge in [0.25, 0.3) is 0 Å². The zero-order valence-corrected chi connectivity index (χ0v) is 8.41. The SMILES string of the molecule is NC1CNCCC1c1cccc(O)c1F. The maximum absolute atomic E-state index is 13.6. The molecule has 1 fully saturated rings. The second-order valence-corrected chi connectivity index (χ2v) is 3.94. The summed E-state index contributed by atoms with van der Waals surface area (Å²) in [6.45, 7) is 1.53. The molecule has 2 atom stereocenters. The predicted molar refractivity (Wildman–Crippen MR) is 56.3 cm³/mol. The van der Waals surface area contributed by atoms with Crippen molar-refractivity contribution in [1.82, 2.24) is 5.32 Å². The van der Waals surface area contributed by atoms with Crippen molar-refractivity contribution in [1.29, 1.82) is 0 Å². The van der Waals surface area contributed by atoms with Crippen molar-refractivity contribution in [3.05, 3.63) is 29.6 Å². The molecule has 2 unspecified atom stereocenters. The van der Waals surface area contributed by atoms with Gasteiger partial charge in [-0.15, -0.1) is 0 Å². The Kier molecular flexibility index (Phi) is 2.88. The van der Waals surface area contributed by atoms with Crippen molar-refractivity contribution in [3.8, 4) is 5.75 Å². The molecule has 1 aromatic carbocycles. The first-order chi connectivity index (χ1) is 7.20. The summed E-state index contributed by atoms with van der Waals surface area (Å²) in [5.41, 5.74) is 6.45. The van der Waals surface area contributed by atoms with Crippen LogP contribution in [-0.4, -0.2) is 24.2 Å². The second kappa shape index (κ2) is 4.16. The normalized spacial score (nSPS) is 26.5. The molecule has 1 heterocycles. The highest BCUT2D eigenvalue weighted by Gasteiger charge is 2.26. The van der Waals surface area contributed by atoms with Gasteiger partial charge in [-0.1, -0.05) is 12.1 Å². The highest BCUT2D eigenvalue weighted by molar-refractivity contribution is 5.33. The summed E-state index contributed by atoms with van der Waals surface area (Å²) in [6, 6.07) is 4.62. The molecule has 1 aliphatic heterocycles. The van der Waals surface area contributed by atoms with E-state index in [1.807, 2.05) is 0 Å². The third-order valence-corrected chi connectivity index (χ3v) is 2.94. The van der Waals surface area contributed by atoms with E-state index in [0.29, 0.717) is 12.1 Å². The van der Waals surface area contributed by atoms with Crippen LogP contribution in [0.1, 0.15) is 17.9 Å². The standard InChI is InChI=1S/C11H15FN2O/c12-11-8(2-1-3-10(11)15)7-4-5-14-6-9(7)13/h1-3,7,9,14-15H,4-6,13H2. The Bertz CT molecular complexity index is 356. The van der Waals surface area contributed by atoms with Crippen molar-refractivity contribution in [2.24, 2.45) is 5.73 Å². The third kappa shape index (κ3) is 1.96. The molecule has 0 saturated carbocycles. The van der Waals surface area contributed by atoms with Gasteiger partial charge < -0.3 is 16.2 Å². The first kappa shape index (κ1) is 10.4. The number of rotatable bonds is 1. The van der Waals surface area contributed by atoms with E-state index < -0.39 is 5.82 Å². The highest BCUT2D eigenvalue weighted by Crippen LogP contribution is 2.30. The lowest BCUT2D eigenvalue weighted by atomic mass is 9.86. The van der Waals surface area contributed by atoms with Gasteiger partial charge >= 0.3 is 0 Å². The maximum atomic E-state index is 13.6. The van der Waals surface area contributed by atoms with Crippen LogP contribution in [0.3, 0.4) is 0 Å². The predicted octanol–water partition coefficient (Wildman–Crippen LogP) is 0.935. The zero-order chi connectivity index (χ0) is 10.8. The highest BCUT2D eigenvalue weighted by atomic mass is 19.1. The molecule has 0 spiro atoms. The Morgan fingerprint density at radius 1 is 1.47 bits per heavy atom. The number of hydrogen-bond donors (Lipinski definition) is 3. The molecule has 0 aliphatic carbocycles. The molecule has 3 nitrogen and oxygen atoms in total. The van der Waals surface area contributed by atoms with Crippen LogP contribution in [0.15, 0.2) is 18.2 Å². The molecule has 0 radical (unpaired) electrons. The fourth-order valence-corrected chi connectivity index (χ4v) is 2.09. The number of phenols is 1. The summed E-state index contributed by atoms with van der Waals surface area (Å²) >= 11 is 0. The van der Waals surface area contributed by atoms with Crippen molar-refractivity contribution in [2.45, 2.75) is 18.4 Å². The number of hydrogen-bond acceptors (Lipinski definition) is 3. The molecule has 2 rings (SSSR count). The van der Waals surface area contributed by atoms with Crippen LogP contribution in [-0.2, 0) is 0 Å². The van der Waals surface area contributed by atoms with E-state index in [1.54, 1.807) is 12.1 Å². The van der Waals surface area contributed by atoms with Gasteiger partial charge in [0, 0.05) is 18.5 Å². The summed E-state index contributed by atoms with van der Waals surface area (Å²) in [6.07, 6.45) is 0.807. The molecule has 0 amide bonds. The van der Waals surface area contributed by atoms with Crippen molar-refractivity contribution in [2.75, 3.05) is 13.1 Å². The minimum Gasteiger partial charge on any atom is -0.505 e. The number of benzene rings is 1. The van der Waals surface area contributed by atoms with E-state index in [9.17, 15) is 9.50 Å². The fourth-order valence-electron chi connectivity index (χ4n) is 2.09. The van der Waals surface area contributed by atoms with Crippen LogP contribution < -0.4 is 11.1 Å². The summed E-state index contributed by atoms with van der Waals surface area (Å²) in [5, 5.41) is 12.4. The summed E-state index contributed by atoms with van der Waals surface area (Å²) in [4.78, 5) is 0. The van der Waals surface area contributed by atoms with E-state index in [1.165, 1.54) is 6.07 Å². The van der Waals surface area contributed by atoms with Gasteiger partial charge in [0.1, 0.15) is 0 Å². The smallest absolute Gasteiger partial charge is 0.168 e. The first-order valence-electron chi connectivity index (χ1n) is 5.14. The lowest BCUT2D eigenvalue weighted by Gasteiger charge is -2.29. The lowest BCUT2D eigenvalue weighted by Crippen LogP contribution is -2.45. The van der Waals surface area contributed by atoms with Crippen molar-refractivity contribution in [3.63, 3.8) is 0 Å². The van der Waals surface area contributed by atoms with Gasteiger partial charge in [-0.2, -0.15) is 0 Å². The van der Waals surface area contributed by atoms with Crippen molar-refractivity contribution >= 4 is 0 Å². The van der Waals surface area contributed by atoms with Gasteiger partial charge in [0.15, 0.2) is 11.6 Å². The largest absolute Gasteiger partial charge is 0.505 e. The number of halogens is 1. The Morgan fingerprint density at radius 2 is 2.27 bits per heavy atom. The molecule has 15 heavy (non-hydrogen) atoms. The topological polar surface area (TPSA) is 58.3 Å². The minimum atomic E-state index is -0.528. The number of nitrogens with one attached hydrogen (secondary N) is 1. The summed E-state index contributed by atoms with van der Waals surface area (Å²) in [5.74, 6) is -0.823. The van der Waals surface area contributed by atoms with E-state index in [4.69, 9.17) is 5.73 Å². The average molecular weight is 210 g/mol.